The van der Waals surface area contributed by atoms with Gasteiger partial charge in [0.1, 0.15) is 5.82 Å². The summed E-state index contributed by atoms with van der Waals surface area (Å²) in [5, 5.41) is 3.32. The molecule has 3 rings (SSSR count). The van der Waals surface area contributed by atoms with Crippen molar-refractivity contribution in [2.75, 3.05) is 23.3 Å². The topological polar surface area (TPSA) is 32.3 Å². The molecule has 2 aromatic carbocycles. The average Bonchev–Trinajstić information content (AvgIpc) is 2.72. The number of benzene rings is 2. The molecule has 0 fully saturated rings. The van der Waals surface area contributed by atoms with Gasteiger partial charge in [0, 0.05) is 13.1 Å². The van der Waals surface area contributed by atoms with Crippen LogP contribution in [0.15, 0.2) is 48.5 Å². The number of hydrogen-bond acceptors (Lipinski definition) is 2. The highest BCUT2D eigenvalue weighted by Crippen LogP contribution is 2.28. The molecular formula is C17H17FN2O. The van der Waals surface area contributed by atoms with Crippen LogP contribution < -0.4 is 10.2 Å². The standard InChI is InChI=1S/C17H17FN2O/c18-14-7-2-1-6-13(14)12-17(21)20-11-5-10-19-15-8-3-4-9-16(15)20/h1-4,6-9,19H,5,10-12H2. The van der Waals surface area contributed by atoms with Crippen LogP contribution in [0.25, 0.3) is 0 Å². The van der Waals surface area contributed by atoms with E-state index in [1.54, 1.807) is 23.1 Å². The number of nitrogens with one attached hydrogen (secondary N) is 1. The molecule has 0 aliphatic carbocycles. The summed E-state index contributed by atoms with van der Waals surface area (Å²) in [6.07, 6.45) is 0.957. The largest absolute Gasteiger partial charge is 0.383 e. The van der Waals surface area contributed by atoms with Gasteiger partial charge in [0.2, 0.25) is 5.91 Å². The summed E-state index contributed by atoms with van der Waals surface area (Å²) in [6.45, 7) is 1.48. The molecule has 2 aromatic rings. The van der Waals surface area contributed by atoms with Gasteiger partial charge in [-0.25, -0.2) is 4.39 Å². The molecule has 1 aliphatic heterocycles. The first-order chi connectivity index (χ1) is 10.3. The van der Waals surface area contributed by atoms with Gasteiger partial charge in [0.15, 0.2) is 0 Å². The molecule has 1 amide bonds. The number of fused-ring (bicyclic) bond motifs is 1. The van der Waals surface area contributed by atoms with Crippen molar-refractivity contribution in [2.24, 2.45) is 0 Å². The van der Waals surface area contributed by atoms with Gasteiger partial charge in [-0.05, 0) is 30.2 Å². The molecular weight excluding hydrogens is 267 g/mol. The van der Waals surface area contributed by atoms with Crippen LogP contribution in [-0.2, 0) is 11.2 Å². The number of anilines is 2. The predicted molar refractivity (Wildman–Crippen MR) is 82.0 cm³/mol. The quantitative estimate of drug-likeness (QED) is 0.918. The summed E-state index contributed by atoms with van der Waals surface area (Å²) in [4.78, 5) is 14.3. The Kier molecular flexibility index (Phi) is 3.86. The van der Waals surface area contributed by atoms with E-state index >= 15 is 0 Å². The normalized spacial score (nSPS) is 14.0. The lowest BCUT2D eigenvalue weighted by molar-refractivity contribution is -0.118. The summed E-state index contributed by atoms with van der Waals surface area (Å²) in [7, 11) is 0. The second-order valence-corrected chi connectivity index (χ2v) is 5.11. The Hall–Kier alpha value is -2.36. The van der Waals surface area contributed by atoms with Gasteiger partial charge >= 0.3 is 0 Å². The highest BCUT2D eigenvalue weighted by atomic mass is 19.1. The fourth-order valence-corrected chi connectivity index (χ4v) is 2.60. The molecule has 3 nitrogen and oxygen atoms in total. The first-order valence-corrected chi connectivity index (χ1v) is 7.12. The second kappa shape index (κ2) is 5.95. The Labute approximate surface area is 123 Å². The monoisotopic (exact) mass is 284 g/mol. The fourth-order valence-electron chi connectivity index (χ4n) is 2.60. The smallest absolute Gasteiger partial charge is 0.231 e. The SMILES string of the molecule is O=C(Cc1ccccc1F)N1CCCNc2ccccc21. The van der Waals surface area contributed by atoms with Gasteiger partial charge in [0.25, 0.3) is 0 Å². The summed E-state index contributed by atoms with van der Waals surface area (Å²) in [6, 6.07) is 14.2. The van der Waals surface area contributed by atoms with E-state index in [1.165, 1.54) is 6.07 Å². The number of carbonyl (C=O) groups excluding carboxylic acids is 1. The molecule has 0 saturated carbocycles. The molecule has 0 atom stereocenters. The van der Waals surface area contributed by atoms with E-state index in [9.17, 15) is 9.18 Å². The van der Waals surface area contributed by atoms with E-state index < -0.39 is 0 Å². The molecule has 0 unspecified atom stereocenters. The Morgan fingerprint density at radius 3 is 2.76 bits per heavy atom. The molecule has 1 heterocycles. The number of hydrogen-bond donors (Lipinski definition) is 1. The van der Waals surface area contributed by atoms with Gasteiger partial charge in [-0.1, -0.05) is 30.3 Å². The van der Waals surface area contributed by atoms with Crippen LogP contribution in [0.3, 0.4) is 0 Å². The van der Waals surface area contributed by atoms with Crippen molar-refractivity contribution >= 4 is 17.3 Å². The zero-order valence-electron chi connectivity index (χ0n) is 11.7. The van der Waals surface area contributed by atoms with Crippen molar-refractivity contribution in [3.05, 3.63) is 59.9 Å². The van der Waals surface area contributed by atoms with Gasteiger partial charge in [0.05, 0.1) is 17.8 Å². The van der Waals surface area contributed by atoms with E-state index in [0.29, 0.717) is 12.1 Å². The molecule has 0 saturated heterocycles. The first kappa shape index (κ1) is 13.6. The lowest BCUT2D eigenvalue weighted by Crippen LogP contribution is -2.33. The summed E-state index contributed by atoms with van der Waals surface area (Å²) >= 11 is 0. The molecule has 108 valence electrons. The van der Waals surface area contributed by atoms with Crippen LogP contribution in [0.2, 0.25) is 0 Å². The van der Waals surface area contributed by atoms with E-state index in [4.69, 9.17) is 0 Å². The van der Waals surface area contributed by atoms with E-state index in [0.717, 1.165) is 24.3 Å². The molecule has 0 bridgehead atoms. The Morgan fingerprint density at radius 1 is 1.14 bits per heavy atom. The lowest BCUT2D eigenvalue weighted by Gasteiger charge is -2.22. The highest BCUT2D eigenvalue weighted by Gasteiger charge is 2.21. The van der Waals surface area contributed by atoms with Crippen molar-refractivity contribution in [1.29, 1.82) is 0 Å². The zero-order chi connectivity index (χ0) is 14.7. The summed E-state index contributed by atoms with van der Waals surface area (Å²) in [5.41, 5.74) is 2.27. The van der Waals surface area contributed by atoms with Crippen LogP contribution >= 0.6 is 0 Å². The van der Waals surface area contributed by atoms with Gasteiger partial charge in [-0.2, -0.15) is 0 Å². The lowest BCUT2D eigenvalue weighted by atomic mass is 10.1. The number of amides is 1. The van der Waals surface area contributed by atoms with Crippen molar-refractivity contribution in [2.45, 2.75) is 12.8 Å². The summed E-state index contributed by atoms with van der Waals surface area (Å²) in [5.74, 6) is -0.400. The van der Waals surface area contributed by atoms with Crippen LogP contribution in [-0.4, -0.2) is 19.0 Å². The average molecular weight is 284 g/mol. The van der Waals surface area contributed by atoms with Crippen molar-refractivity contribution < 1.29 is 9.18 Å². The van der Waals surface area contributed by atoms with E-state index in [1.807, 2.05) is 24.3 Å². The van der Waals surface area contributed by atoms with Gasteiger partial charge in [-0.15, -0.1) is 0 Å². The van der Waals surface area contributed by atoms with E-state index in [-0.39, 0.29) is 18.1 Å². The van der Waals surface area contributed by atoms with Crippen LogP contribution in [0.4, 0.5) is 15.8 Å². The number of rotatable bonds is 2. The maximum Gasteiger partial charge on any atom is 0.231 e. The number of halogens is 1. The van der Waals surface area contributed by atoms with Crippen molar-refractivity contribution in [3.63, 3.8) is 0 Å². The third-order valence-electron chi connectivity index (χ3n) is 3.67. The third-order valence-corrected chi connectivity index (χ3v) is 3.67. The molecule has 0 radical (unpaired) electrons. The second-order valence-electron chi connectivity index (χ2n) is 5.11. The fraction of sp³-hybridized carbons (Fsp3) is 0.235. The molecule has 0 spiro atoms. The Bertz CT molecular complexity index is 657. The number of para-hydroxylation sites is 2. The first-order valence-electron chi connectivity index (χ1n) is 7.12. The molecule has 1 N–H and O–H groups in total. The van der Waals surface area contributed by atoms with Crippen molar-refractivity contribution in [3.8, 4) is 0 Å². The molecule has 21 heavy (non-hydrogen) atoms. The van der Waals surface area contributed by atoms with Crippen LogP contribution in [0.5, 0.6) is 0 Å². The number of nitrogens with zero attached hydrogens (tertiary/aromatic N) is 1. The van der Waals surface area contributed by atoms with Crippen LogP contribution in [0.1, 0.15) is 12.0 Å². The van der Waals surface area contributed by atoms with Crippen LogP contribution in [0, 0.1) is 5.82 Å². The Balaban J connectivity index is 1.86. The third kappa shape index (κ3) is 2.89. The minimum absolute atomic E-state index is 0.0729. The highest BCUT2D eigenvalue weighted by molar-refractivity contribution is 5.98. The maximum absolute atomic E-state index is 13.7. The van der Waals surface area contributed by atoms with Gasteiger partial charge < -0.3 is 10.2 Å². The summed E-state index contributed by atoms with van der Waals surface area (Å²) < 4.78 is 13.7. The maximum atomic E-state index is 13.7. The molecule has 0 aromatic heterocycles. The Morgan fingerprint density at radius 2 is 1.90 bits per heavy atom. The number of carbonyl (C=O) groups is 1. The predicted octanol–water partition coefficient (Wildman–Crippen LogP) is 3.22. The minimum atomic E-state index is -0.327. The molecule has 4 heteroatoms. The van der Waals surface area contributed by atoms with Crippen molar-refractivity contribution in [1.82, 2.24) is 0 Å². The zero-order valence-corrected chi connectivity index (χ0v) is 11.7. The minimum Gasteiger partial charge on any atom is -0.383 e. The van der Waals surface area contributed by atoms with E-state index in [2.05, 4.69) is 5.32 Å². The molecule has 1 aliphatic rings. The van der Waals surface area contributed by atoms with Gasteiger partial charge in [-0.3, -0.25) is 4.79 Å².